The zero-order chi connectivity index (χ0) is 13.5. The van der Waals surface area contributed by atoms with E-state index in [1.54, 1.807) is 0 Å². The summed E-state index contributed by atoms with van der Waals surface area (Å²) in [5.74, 6) is 0. The zero-order valence-corrected chi connectivity index (χ0v) is 16.1. The van der Waals surface area contributed by atoms with Crippen LogP contribution in [0.4, 0.5) is 0 Å². The Bertz CT molecular complexity index is 93.6. The first kappa shape index (κ1) is 74.3. The smallest absolute Gasteiger partial charge is 0.412 e. The molecule has 0 saturated carbocycles. The first-order valence-corrected chi connectivity index (χ1v) is 5.55. The second kappa shape index (κ2) is 31.3. The van der Waals surface area contributed by atoms with Gasteiger partial charge in [0.1, 0.15) is 0 Å². The summed E-state index contributed by atoms with van der Waals surface area (Å²) >= 11 is 0. The van der Waals surface area contributed by atoms with E-state index in [1.807, 2.05) is 0 Å². The Morgan fingerprint density at radius 3 is 0.261 bits per heavy atom. The van der Waals surface area contributed by atoms with Crippen LogP contribution in [0.3, 0.4) is 0 Å². The predicted molar refractivity (Wildman–Crippen MR) is 25.3 cm³/mol. The van der Waals surface area contributed by atoms with Gasteiger partial charge in [0, 0.05) is 0 Å². The summed E-state index contributed by atoms with van der Waals surface area (Å²) in [6, 6.07) is 0. The number of hydrogen-bond acceptors (Lipinski definition) is 12. The van der Waals surface area contributed by atoms with Gasteiger partial charge in [0.2, 0.25) is 0 Å². The van der Waals surface area contributed by atoms with E-state index in [1.165, 1.54) is 0 Å². The molecule has 0 aliphatic carbocycles. The standard InChI is InChI=1S/3ClHO4.7H2O.Pr/c3*2-1(3,4)5;;;;;;;;/h3*(H,2,3,4,5);7*1H2;/q;;;;;;;;;;+3/p-3. The molecule has 14 N–H and O–H groups in total. The average molecular weight is 565 g/mol. The summed E-state index contributed by atoms with van der Waals surface area (Å²) in [6.07, 6.45) is 0. The Labute approximate surface area is 165 Å². The minimum Gasteiger partial charge on any atom is -0.412 e. The van der Waals surface area contributed by atoms with Crippen molar-refractivity contribution in [3.63, 3.8) is 0 Å². The van der Waals surface area contributed by atoms with Crippen molar-refractivity contribution in [3.8, 4) is 0 Å². The summed E-state index contributed by atoms with van der Waals surface area (Å²) in [5, 5.41) is 0. The van der Waals surface area contributed by atoms with Crippen LogP contribution < -0.4 is 55.9 Å². The molecule has 0 aliphatic heterocycles. The Morgan fingerprint density at radius 1 is 0.261 bits per heavy atom. The fourth-order valence-corrected chi connectivity index (χ4v) is 0. The van der Waals surface area contributed by atoms with Crippen LogP contribution in [0, 0.1) is 72.0 Å². The van der Waals surface area contributed by atoms with Gasteiger partial charge in [0.05, 0.1) is 0 Å². The molecule has 19 nitrogen and oxygen atoms in total. The third kappa shape index (κ3) is 4980. The molecule has 0 fully saturated rings. The van der Waals surface area contributed by atoms with Crippen molar-refractivity contribution in [2.45, 2.75) is 0 Å². The van der Waals surface area contributed by atoms with Crippen LogP contribution in [0.2, 0.25) is 0 Å². The van der Waals surface area contributed by atoms with Crippen molar-refractivity contribution in [1.29, 1.82) is 0 Å². The van der Waals surface area contributed by atoms with Crippen LogP contribution in [0.5, 0.6) is 0 Å². The minimum atomic E-state index is -4.94. The largest absolute Gasteiger partial charge is 3.00 e. The van der Waals surface area contributed by atoms with Gasteiger partial charge < -0.3 is 38.3 Å². The molecule has 23 heavy (non-hydrogen) atoms. The molecule has 23 heteroatoms. The molecule has 0 saturated heterocycles. The van der Waals surface area contributed by atoms with Gasteiger partial charge in [-0.25, -0.2) is 55.9 Å². The van der Waals surface area contributed by atoms with Crippen LogP contribution >= 0.6 is 0 Å². The molecule has 0 heterocycles. The van der Waals surface area contributed by atoms with Crippen molar-refractivity contribution in [2.24, 2.45) is 0 Å². The third-order valence-corrected chi connectivity index (χ3v) is 0. The summed E-state index contributed by atoms with van der Waals surface area (Å²) in [7, 11) is -14.8. The van der Waals surface area contributed by atoms with E-state index in [2.05, 4.69) is 0 Å². The first-order chi connectivity index (χ1) is 6.00. The van der Waals surface area contributed by atoms with Crippen molar-refractivity contribution in [2.75, 3.05) is 0 Å². The second-order valence-corrected chi connectivity index (χ2v) is 3.40. The molecule has 0 aromatic rings. The molecular weight excluding hydrogens is 551 g/mol. The second-order valence-electron chi connectivity index (χ2n) is 1.13. The average Bonchev–Trinajstić information content (AvgIpc) is 1.41. The van der Waals surface area contributed by atoms with Gasteiger partial charge in [0.25, 0.3) is 0 Å². The van der Waals surface area contributed by atoms with E-state index in [-0.39, 0.29) is 79.6 Å². The van der Waals surface area contributed by atoms with Gasteiger partial charge in [0.15, 0.2) is 0 Å². The SMILES string of the molecule is O.O.O.O.O.O.O.[O-][Cl+3]([O-])([O-])[O-].[O-][Cl+3]([O-])([O-])[O-].[O-][Cl+3]([O-])([O-])[O-].[Pr+3]. The maximum Gasteiger partial charge on any atom is 3.00 e. The van der Waals surface area contributed by atoms with Gasteiger partial charge in [-0.2, -0.15) is 0 Å². The maximum atomic E-state index is 8.49. The van der Waals surface area contributed by atoms with Gasteiger partial charge >= 0.3 is 41.3 Å². The fraction of sp³-hybridized carbons (Fsp3) is 0. The molecule has 0 radical (unpaired) electrons. The van der Waals surface area contributed by atoms with Crippen LogP contribution in [0.15, 0.2) is 0 Å². The fourth-order valence-electron chi connectivity index (χ4n) is 0. The molecular formula is H14Cl3O19Pr. The van der Waals surface area contributed by atoms with E-state index in [9.17, 15) is 0 Å². The summed E-state index contributed by atoms with van der Waals surface area (Å²) < 4.78 is 102. The molecule has 152 valence electrons. The van der Waals surface area contributed by atoms with Crippen molar-refractivity contribution in [1.82, 2.24) is 0 Å². The minimum absolute atomic E-state index is 0. The van der Waals surface area contributed by atoms with E-state index in [0.29, 0.717) is 0 Å². The van der Waals surface area contributed by atoms with Crippen LogP contribution in [-0.4, -0.2) is 38.3 Å². The molecule has 0 spiro atoms. The molecule has 0 bridgehead atoms. The molecule has 0 aromatic carbocycles. The van der Waals surface area contributed by atoms with Crippen LogP contribution in [0.1, 0.15) is 0 Å². The number of hydrogen-bond donors (Lipinski definition) is 0. The summed E-state index contributed by atoms with van der Waals surface area (Å²) in [5.41, 5.74) is 0. The van der Waals surface area contributed by atoms with Crippen molar-refractivity contribution in [3.05, 3.63) is 0 Å². The topological polar surface area (TPSA) is 497 Å². The number of rotatable bonds is 0. The predicted octanol–water partition coefficient (Wildman–Crippen LogP) is -20.0. The molecule has 0 aliphatic rings. The van der Waals surface area contributed by atoms with Gasteiger partial charge in [-0.3, -0.25) is 0 Å². The summed E-state index contributed by atoms with van der Waals surface area (Å²) in [6.45, 7) is 0. The zero-order valence-electron chi connectivity index (χ0n) is 10.1. The van der Waals surface area contributed by atoms with Crippen molar-refractivity contribution < 1.29 is 166 Å². The van der Waals surface area contributed by atoms with Gasteiger partial charge in [-0.1, -0.05) is 0 Å². The van der Waals surface area contributed by atoms with Gasteiger partial charge in [-0.15, -0.1) is 30.7 Å². The number of halogens is 3. The van der Waals surface area contributed by atoms with Crippen molar-refractivity contribution >= 4 is 0 Å². The van der Waals surface area contributed by atoms with E-state index >= 15 is 0 Å². The van der Waals surface area contributed by atoms with E-state index in [4.69, 9.17) is 55.9 Å². The van der Waals surface area contributed by atoms with E-state index in [0.717, 1.165) is 0 Å². The van der Waals surface area contributed by atoms with Crippen LogP contribution in [-0.2, 0) is 0 Å². The Balaban J connectivity index is -0.00000000889. The molecule has 0 amide bonds. The molecule has 0 aromatic heterocycles. The quantitative estimate of drug-likeness (QED) is 0.264. The maximum absolute atomic E-state index is 8.49. The summed E-state index contributed by atoms with van der Waals surface area (Å²) in [4.78, 5) is 0. The molecule has 0 atom stereocenters. The third-order valence-electron chi connectivity index (χ3n) is 0. The Kier molecular flexibility index (Phi) is 101. The Hall–Kier alpha value is 1.47. The Morgan fingerprint density at radius 2 is 0.261 bits per heavy atom. The van der Waals surface area contributed by atoms with E-state index < -0.39 is 30.7 Å². The van der Waals surface area contributed by atoms with Crippen LogP contribution in [0.25, 0.3) is 0 Å². The molecule has 0 rings (SSSR count). The first-order valence-electron chi connectivity index (χ1n) is 1.85. The molecule has 0 unspecified atom stereocenters. The van der Waals surface area contributed by atoms with Gasteiger partial charge in [-0.05, 0) is 0 Å². The monoisotopic (exact) mass is 564 g/mol. The normalized spacial score (nSPS) is 7.83.